The third kappa shape index (κ3) is 3.39. The average Bonchev–Trinajstić information content (AvgIpc) is 3.19. The molecule has 1 saturated carbocycles. The summed E-state index contributed by atoms with van der Waals surface area (Å²) in [7, 11) is 0. The third-order valence-corrected chi connectivity index (χ3v) is 8.07. The molecular weight excluding hydrogens is 424 g/mol. The lowest BCUT2D eigenvalue weighted by Crippen LogP contribution is -2.20. The Morgan fingerprint density at radius 3 is 2.00 bits per heavy atom. The first kappa shape index (κ1) is 20.6. The number of nitrogens with zero attached hydrogens (tertiary/aromatic N) is 2. The zero-order chi connectivity index (χ0) is 23.2. The maximum Gasteiger partial charge on any atom is 0.0893 e. The summed E-state index contributed by atoms with van der Waals surface area (Å²) in [5.41, 5.74) is 7.36. The monoisotopic (exact) mass is 452 g/mol. The topological polar surface area (TPSA) is 25.8 Å². The summed E-state index contributed by atoms with van der Waals surface area (Å²) in [4.78, 5) is 9.73. The van der Waals surface area contributed by atoms with Crippen molar-refractivity contribution < 1.29 is 0 Å². The molecule has 0 spiro atoms. The summed E-state index contributed by atoms with van der Waals surface area (Å²) >= 11 is 0. The van der Waals surface area contributed by atoms with Gasteiger partial charge in [0.15, 0.2) is 0 Å². The molecule has 2 aliphatic carbocycles. The van der Waals surface area contributed by atoms with Crippen molar-refractivity contribution >= 4 is 33.2 Å². The van der Waals surface area contributed by atoms with E-state index in [1.54, 1.807) is 5.56 Å². The lowest BCUT2D eigenvalue weighted by molar-refractivity contribution is 0.491. The Kier molecular flexibility index (Phi) is 4.98. The molecule has 2 aromatic heterocycles. The second-order valence-corrected chi connectivity index (χ2v) is 9.99. The van der Waals surface area contributed by atoms with E-state index in [0.29, 0.717) is 11.8 Å². The molecule has 2 heterocycles. The molecule has 0 amide bonds. The van der Waals surface area contributed by atoms with E-state index in [9.17, 15) is 0 Å². The summed E-state index contributed by atoms with van der Waals surface area (Å²) < 4.78 is 0. The molecule has 0 radical (unpaired) electrons. The molecule has 0 aliphatic heterocycles. The largest absolute Gasteiger partial charge is 0.255 e. The van der Waals surface area contributed by atoms with Crippen molar-refractivity contribution in [3.8, 4) is 11.4 Å². The normalized spacial score (nSPS) is 19.6. The Morgan fingerprint density at radius 1 is 0.543 bits per heavy atom. The van der Waals surface area contributed by atoms with Gasteiger partial charge in [0.1, 0.15) is 0 Å². The average molecular weight is 453 g/mol. The van der Waals surface area contributed by atoms with Gasteiger partial charge >= 0.3 is 0 Å². The van der Waals surface area contributed by atoms with Gasteiger partial charge in [0.2, 0.25) is 0 Å². The van der Waals surface area contributed by atoms with Crippen LogP contribution >= 0.6 is 0 Å². The highest BCUT2D eigenvalue weighted by atomic mass is 14.8. The molecule has 0 saturated heterocycles. The molecule has 5 aromatic rings. The predicted octanol–water partition coefficient (Wildman–Crippen LogP) is 8.67. The maximum atomic E-state index is 5.17. The van der Waals surface area contributed by atoms with Crippen LogP contribution < -0.4 is 0 Å². The predicted molar refractivity (Wildman–Crippen MR) is 146 cm³/mol. The fraction of sp³-hybridized carbons (Fsp3) is 0.212. The molecule has 2 atom stereocenters. The minimum absolute atomic E-state index is 0.501. The van der Waals surface area contributed by atoms with Crippen LogP contribution in [0.1, 0.15) is 54.8 Å². The highest BCUT2D eigenvalue weighted by molar-refractivity contribution is 6.14. The molecule has 2 heteroatoms. The zero-order valence-corrected chi connectivity index (χ0v) is 19.8. The Bertz CT molecular complexity index is 1580. The van der Waals surface area contributed by atoms with Gasteiger partial charge in [0, 0.05) is 6.20 Å². The third-order valence-electron chi connectivity index (χ3n) is 8.07. The van der Waals surface area contributed by atoms with Crippen molar-refractivity contribution in [1.29, 1.82) is 0 Å². The smallest absolute Gasteiger partial charge is 0.0893 e. The van der Waals surface area contributed by atoms with Gasteiger partial charge in [0.05, 0.1) is 17.1 Å². The van der Waals surface area contributed by atoms with Gasteiger partial charge in [0.25, 0.3) is 0 Å². The molecule has 7 rings (SSSR count). The lowest BCUT2D eigenvalue weighted by Gasteiger charge is -2.35. The Balaban J connectivity index is 1.51. The Hall–Kier alpha value is -3.78. The fourth-order valence-electron chi connectivity index (χ4n) is 6.56. The molecule has 2 aliphatic rings. The summed E-state index contributed by atoms with van der Waals surface area (Å²) in [6.07, 6.45) is 10.7. The van der Waals surface area contributed by atoms with Gasteiger partial charge < -0.3 is 0 Å². The first-order valence-electron chi connectivity index (χ1n) is 12.9. The highest BCUT2D eigenvalue weighted by Crippen LogP contribution is 2.52. The van der Waals surface area contributed by atoms with E-state index >= 15 is 0 Å². The van der Waals surface area contributed by atoms with Crippen LogP contribution in [0.4, 0.5) is 0 Å². The van der Waals surface area contributed by atoms with E-state index < -0.39 is 0 Å². The lowest BCUT2D eigenvalue weighted by atomic mass is 9.69. The minimum atomic E-state index is 0.501. The number of pyridine rings is 2. The number of fused-ring (bicyclic) bond motifs is 8. The molecule has 35 heavy (non-hydrogen) atoms. The SMILES string of the molecule is C1=C(c2cccc(-c3ccccn3)n2)C2CCCCCC2c2c1c1ccccc1c1ccccc21. The van der Waals surface area contributed by atoms with E-state index in [1.807, 2.05) is 24.4 Å². The first-order chi connectivity index (χ1) is 17.4. The van der Waals surface area contributed by atoms with Crippen molar-refractivity contribution in [2.75, 3.05) is 0 Å². The number of allylic oxidation sites excluding steroid dienone is 1. The molecule has 2 nitrogen and oxygen atoms in total. The summed E-state index contributed by atoms with van der Waals surface area (Å²) in [5, 5.41) is 5.53. The molecular formula is C33H28N2. The van der Waals surface area contributed by atoms with Crippen LogP contribution in [0.3, 0.4) is 0 Å². The molecule has 1 fully saturated rings. The second-order valence-electron chi connectivity index (χ2n) is 9.99. The highest BCUT2D eigenvalue weighted by Gasteiger charge is 2.35. The zero-order valence-electron chi connectivity index (χ0n) is 19.8. The minimum Gasteiger partial charge on any atom is -0.255 e. The van der Waals surface area contributed by atoms with Crippen LogP contribution in [0, 0.1) is 5.92 Å². The fourth-order valence-corrected chi connectivity index (χ4v) is 6.56. The van der Waals surface area contributed by atoms with E-state index in [4.69, 9.17) is 4.98 Å². The Morgan fingerprint density at radius 2 is 1.20 bits per heavy atom. The van der Waals surface area contributed by atoms with Crippen molar-refractivity contribution in [2.45, 2.75) is 38.0 Å². The van der Waals surface area contributed by atoms with Crippen LogP contribution in [0.5, 0.6) is 0 Å². The van der Waals surface area contributed by atoms with Crippen LogP contribution in [0.2, 0.25) is 0 Å². The first-order valence-corrected chi connectivity index (χ1v) is 12.9. The van der Waals surface area contributed by atoms with Gasteiger partial charge in [-0.2, -0.15) is 0 Å². The van der Waals surface area contributed by atoms with Crippen LogP contribution in [-0.4, -0.2) is 9.97 Å². The van der Waals surface area contributed by atoms with Crippen molar-refractivity contribution in [3.05, 3.63) is 108 Å². The van der Waals surface area contributed by atoms with Gasteiger partial charge in [-0.1, -0.05) is 79.9 Å². The van der Waals surface area contributed by atoms with E-state index in [1.165, 1.54) is 64.8 Å². The van der Waals surface area contributed by atoms with Gasteiger partial charge in [-0.25, -0.2) is 4.98 Å². The Labute approximate surface area is 206 Å². The molecule has 2 unspecified atom stereocenters. The van der Waals surface area contributed by atoms with Gasteiger partial charge in [-0.3, -0.25) is 4.98 Å². The summed E-state index contributed by atoms with van der Waals surface area (Å²) in [6.45, 7) is 0. The van der Waals surface area contributed by atoms with Crippen molar-refractivity contribution in [2.24, 2.45) is 5.92 Å². The number of hydrogen-bond donors (Lipinski definition) is 0. The summed E-state index contributed by atoms with van der Waals surface area (Å²) in [5.74, 6) is 1.03. The number of benzene rings is 3. The molecule has 3 aromatic carbocycles. The van der Waals surface area contributed by atoms with E-state index in [0.717, 1.165) is 17.1 Å². The van der Waals surface area contributed by atoms with E-state index in [-0.39, 0.29) is 0 Å². The van der Waals surface area contributed by atoms with Crippen molar-refractivity contribution in [1.82, 2.24) is 9.97 Å². The van der Waals surface area contributed by atoms with Crippen LogP contribution in [-0.2, 0) is 0 Å². The van der Waals surface area contributed by atoms with Crippen LogP contribution in [0.15, 0.2) is 91.1 Å². The maximum absolute atomic E-state index is 5.17. The molecule has 0 N–H and O–H groups in total. The molecule has 170 valence electrons. The quantitative estimate of drug-likeness (QED) is 0.250. The van der Waals surface area contributed by atoms with Crippen molar-refractivity contribution in [3.63, 3.8) is 0 Å². The number of aromatic nitrogens is 2. The number of hydrogen-bond acceptors (Lipinski definition) is 2. The van der Waals surface area contributed by atoms with Gasteiger partial charge in [-0.05, 0) is 93.3 Å². The van der Waals surface area contributed by atoms with E-state index in [2.05, 4.69) is 77.8 Å². The molecule has 0 bridgehead atoms. The number of rotatable bonds is 2. The van der Waals surface area contributed by atoms with Crippen LogP contribution in [0.25, 0.3) is 44.6 Å². The standard InChI is InChI=1S/C33H28N2/c1-2-11-25-27(15-3-1)33-26-16-7-6-13-23(26)22-12-4-5-14-24(22)29(33)21-28(25)30-18-10-19-32(35-30)31-17-8-9-20-34-31/h4-10,12-14,16-21,25,27H,1-3,11,15H2. The summed E-state index contributed by atoms with van der Waals surface area (Å²) in [6, 6.07) is 30.5. The second kappa shape index (κ2) is 8.46. The van der Waals surface area contributed by atoms with Gasteiger partial charge in [-0.15, -0.1) is 0 Å².